The summed E-state index contributed by atoms with van der Waals surface area (Å²) in [4.78, 5) is 38.2. The van der Waals surface area contributed by atoms with Crippen molar-refractivity contribution in [2.75, 3.05) is 51.9 Å². The number of carbonyl (C=O) groups excluding carboxylic acids is 3. The summed E-state index contributed by atoms with van der Waals surface area (Å²) < 4.78 is 21.6. The molecule has 1 fully saturated rings. The highest BCUT2D eigenvalue weighted by molar-refractivity contribution is 6.39. The predicted octanol–water partition coefficient (Wildman–Crippen LogP) is 1.42. The zero-order valence-electron chi connectivity index (χ0n) is 19.6. The van der Waals surface area contributed by atoms with Gasteiger partial charge in [-0.2, -0.15) is 5.10 Å². The molecule has 3 amide bonds. The highest BCUT2D eigenvalue weighted by atomic mass is 16.5. The second-order valence-electron chi connectivity index (χ2n) is 7.27. The van der Waals surface area contributed by atoms with E-state index in [2.05, 4.69) is 15.8 Å². The molecule has 186 valence electrons. The van der Waals surface area contributed by atoms with Gasteiger partial charge >= 0.3 is 11.8 Å². The lowest BCUT2D eigenvalue weighted by molar-refractivity contribution is -0.137. The highest BCUT2D eigenvalue weighted by Crippen LogP contribution is 2.27. The summed E-state index contributed by atoms with van der Waals surface area (Å²) in [6, 6.07) is 11.7. The number of carbonyl (C=O) groups is 3. The van der Waals surface area contributed by atoms with E-state index < -0.39 is 11.8 Å². The number of hydrazone groups is 1. The maximum absolute atomic E-state index is 12.3. The molecule has 2 N–H and O–H groups in total. The van der Waals surface area contributed by atoms with Gasteiger partial charge in [-0.1, -0.05) is 12.1 Å². The number of amides is 3. The predicted molar refractivity (Wildman–Crippen MR) is 128 cm³/mol. The summed E-state index contributed by atoms with van der Waals surface area (Å²) in [6.45, 7) is 4.22. The topological polar surface area (TPSA) is 128 Å². The van der Waals surface area contributed by atoms with Gasteiger partial charge in [0.25, 0.3) is 5.91 Å². The molecule has 1 aliphatic rings. The minimum atomic E-state index is -0.943. The Balaban J connectivity index is 1.53. The van der Waals surface area contributed by atoms with Gasteiger partial charge in [-0.15, -0.1) is 0 Å². The Labute approximate surface area is 203 Å². The molecule has 0 aliphatic carbocycles. The van der Waals surface area contributed by atoms with Crippen molar-refractivity contribution in [3.8, 4) is 17.2 Å². The number of morpholine rings is 1. The smallest absolute Gasteiger partial charge is 0.329 e. The van der Waals surface area contributed by atoms with Crippen LogP contribution in [0.25, 0.3) is 0 Å². The number of para-hydroxylation sites is 2. The molecule has 1 aliphatic heterocycles. The summed E-state index contributed by atoms with van der Waals surface area (Å²) in [5.41, 5.74) is 3.14. The number of benzene rings is 2. The molecule has 1 saturated heterocycles. The van der Waals surface area contributed by atoms with E-state index in [-0.39, 0.29) is 12.5 Å². The van der Waals surface area contributed by atoms with Crippen molar-refractivity contribution in [1.82, 2.24) is 10.3 Å². The van der Waals surface area contributed by atoms with Crippen LogP contribution in [0.3, 0.4) is 0 Å². The molecule has 2 aromatic carbocycles. The molecule has 0 saturated carbocycles. The molecule has 35 heavy (non-hydrogen) atoms. The number of ether oxygens (including phenoxy) is 4. The van der Waals surface area contributed by atoms with Crippen LogP contribution < -0.4 is 25.0 Å². The van der Waals surface area contributed by atoms with Crippen LogP contribution >= 0.6 is 0 Å². The van der Waals surface area contributed by atoms with Crippen molar-refractivity contribution in [3.05, 3.63) is 48.0 Å². The third-order valence-corrected chi connectivity index (χ3v) is 4.92. The van der Waals surface area contributed by atoms with Crippen molar-refractivity contribution >= 4 is 29.6 Å². The van der Waals surface area contributed by atoms with Crippen molar-refractivity contribution in [2.24, 2.45) is 5.10 Å². The molecular formula is C24H28N4O7. The summed E-state index contributed by atoms with van der Waals surface area (Å²) in [6.07, 6.45) is 1.35. The van der Waals surface area contributed by atoms with Gasteiger partial charge in [-0.05, 0) is 42.8 Å². The maximum Gasteiger partial charge on any atom is 0.329 e. The highest BCUT2D eigenvalue weighted by Gasteiger charge is 2.18. The largest absolute Gasteiger partial charge is 0.493 e. The first-order valence-electron chi connectivity index (χ1n) is 11.0. The zero-order chi connectivity index (χ0) is 25.0. The second-order valence-corrected chi connectivity index (χ2v) is 7.27. The van der Waals surface area contributed by atoms with Crippen molar-refractivity contribution in [2.45, 2.75) is 6.92 Å². The lowest BCUT2D eigenvalue weighted by atomic mass is 10.2. The standard InChI is InChI=1S/C24H28N4O7/c1-3-34-19-7-5-4-6-18(19)26-23(30)24(31)27-25-15-17-8-9-20(21(14-17)32-2)35-16-22(29)28-10-12-33-13-11-28/h4-9,14-15H,3,10-13,16H2,1-2H3,(H,26,30)(H,27,31)/b25-15-. The third kappa shape index (κ3) is 7.44. The van der Waals surface area contributed by atoms with Crippen LogP contribution in [0.1, 0.15) is 12.5 Å². The SMILES string of the molecule is CCOc1ccccc1NC(=O)C(=O)N/N=C\c1ccc(OCC(=O)N2CCOCC2)c(OC)c1. The molecule has 2 aromatic rings. The van der Waals surface area contributed by atoms with Crippen LogP contribution in [-0.2, 0) is 19.1 Å². The molecule has 11 nitrogen and oxygen atoms in total. The molecule has 3 rings (SSSR count). The summed E-state index contributed by atoms with van der Waals surface area (Å²) in [5.74, 6) is -0.726. The van der Waals surface area contributed by atoms with E-state index in [0.717, 1.165) is 0 Å². The van der Waals surface area contributed by atoms with E-state index in [1.54, 1.807) is 47.4 Å². The zero-order valence-corrected chi connectivity index (χ0v) is 19.6. The molecule has 0 spiro atoms. The molecule has 0 aromatic heterocycles. The minimum absolute atomic E-state index is 0.124. The van der Waals surface area contributed by atoms with Crippen molar-refractivity contribution in [1.29, 1.82) is 0 Å². The number of anilines is 1. The third-order valence-electron chi connectivity index (χ3n) is 4.92. The summed E-state index contributed by atoms with van der Waals surface area (Å²) in [5, 5.41) is 6.31. The van der Waals surface area contributed by atoms with Gasteiger partial charge in [-0.25, -0.2) is 5.43 Å². The van der Waals surface area contributed by atoms with E-state index in [1.807, 2.05) is 6.92 Å². The lowest BCUT2D eigenvalue weighted by Crippen LogP contribution is -2.43. The minimum Gasteiger partial charge on any atom is -0.493 e. The molecule has 0 atom stereocenters. The number of nitrogens with one attached hydrogen (secondary N) is 2. The number of hydrogen-bond acceptors (Lipinski definition) is 8. The second kappa shape index (κ2) is 12.9. The van der Waals surface area contributed by atoms with E-state index in [4.69, 9.17) is 18.9 Å². The number of hydrogen-bond donors (Lipinski definition) is 2. The number of nitrogens with zero attached hydrogens (tertiary/aromatic N) is 2. The van der Waals surface area contributed by atoms with Crippen LogP contribution in [0.15, 0.2) is 47.6 Å². The van der Waals surface area contributed by atoms with Gasteiger partial charge in [0.05, 0.1) is 38.8 Å². The molecule has 11 heteroatoms. The fourth-order valence-electron chi connectivity index (χ4n) is 3.17. The van der Waals surface area contributed by atoms with Crippen LogP contribution in [0.5, 0.6) is 17.2 Å². The van der Waals surface area contributed by atoms with E-state index in [1.165, 1.54) is 13.3 Å². The quantitative estimate of drug-likeness (QED) is 0.313. The van der Waals surface area contributed by atoms with Gasteiger partial charge in [-0.3, -0.25) is 14.4 Å². The lowest BCUT2D eigenvalue weighted by Gasteiger charge is -2.26. The summed E-state index contributed by atoms with van der Waals surface area (Å²) in [7, 11) is 1.47. The van der Waals surface area contributed by atoms with Crippen LogP contribution in [0.4, 0.5) is 5.69 Å². The Morgan fingerprint density at radius 3 is 2.54 bits per heavy atom. The Morgan fingerprint density at radius 1 is 1.03 bits per heavy atom. The first-order chi connectivity index (χ1) is 17.0. The van der Waals surface area contributed by atoms with Gasteiger partial charge in [0.15, 0.2) is 18.1 Å². The first-order valence-corrected chi connectivity index (χ1v) is 11.0. The van der Waals surface area contributed by atoms with E-state index in [0.29, 0.717) is 61.4 Å². The number of methoxy groups -OCH3 is 1. The molecule has 1 heterocycles. The summed E-state index contributed by atoms with van der Waals surface area (Å²) >= 11 is 0. The molecule has 0 bridgehead atoms. The fraction of sp³-hybridized carbons (Fsp3) is 0.333. The first kappa shape index (κ1) is 25.5. The van der Waals surface area contributed by atoms with E-state index >= 15 is 0 Å². The van der Waals surface area contributed by atoms with Gasteiger partial charge < -0.3 is 29.2 Å². The molecular weight excluding hydrogens is 456 g/mol. The van der Waals surface area contributed by atoms with Crippen LogP contribution in [-0.4, -0.2) is 75.5 Å². The Morgan fingerprint density at radius 2 is 1.80 bits per heavy atom. The van der Waals surface area contributed by atoms with Gasteiger partial charge in [0, 0.05) is 13.1 Å². The van der Waals surface area contributed by atoms with Gasteiger partial charge in [0.2, 0.25) is 0 Å². The Bertz CT molecular complexity index is 1070. The van der Waals surface area contributed by atoms with Crippen molar-refractivity contribution < 1.29 is 33.3 Å². The van der Waals surface area contributed by atoms with Crippen molar-refractivity contribution in [3.63, 3.8) is 0 Å². The van der Waals surface area contributed by atoms with Crippen LogP contribution in [0, 0.1) is 0 Å². The maximum atomic E-state index is 12.3. The average Bonchev–Trinajstić information content (AvgIpc) is 2.89. The Hall–Kier alpha value is -4.12. The number of rotatable bonds is 9. The van der Waals surface area contributed by atoms with E-state index in [9.17, 15) is 14.4 Å². The fourth-order valence-corrected chi connectivity index (χ4v) is 3.17. The monoisotopic (exact) mass is 484 g/mol. The molecule has 0 unspecified atom stereocenters. The molecule has 0 radical (unpaired) electrons. The average molecular weight is 485 g/mol. The van der Waals surface area contributed by atoms with Crippen LogP contribution in [0.2, 0.25) is 0 Å². The Kier molecular flexibility index (Phi) is 9.43. The normalized spacial score (nSPS) is 13.3. The van der Waals surface area contributed by atoms with Gasteiger partial charge in [0.1, 0.15) is 5.75 Å².